The molecule has 1 aromatic carbocycles. The molecule has 1 saturated heterocycles. The van der Waals surface area contributed by atoms with Crippen molar-refractivity contribution in [2.75, 3.05) is 12.3 Å². The Bertz CT molecular complexity index is 476. The van der Waals surface area contributed by atoms with Crippen LogP contribution in [0.15, 0.2) is 18.2 Å². The Morgan fingerprint density at radius 2 is 2.32 bits per heavy atom. The lowest BCUT2D eigenvalue weighted by molar-refractivity contribution is 0.0355. The summed E-state index contributed by atoms with van der Waals surface area (Å²) in [6.45, 7) is 7.67. The third kappa shape index (κ3) is 2.27. The average molecular weight is 277 g/mol. The largest absolute Gasteiger partial charge is 0.486 e. The Kier molecular flexibility index (Phi) is 3.52. The molecule has 3 rings (SSSR count). The molecular formula is C16H23NOS. The van der Waals surface area contributed by atoms with Gasteiger partial charge in [-0.2, -0.15) is 11.8 Å². The van der Waals surface area contributed by atoms with Gasteiger partial charge in [0.2, 0.25) is 0 Å². The van der Waals surface area contributed by atoms with E-state index >= 15 is 0 Å². The predicted octanol–water partition coefficient (Wildman–Crippen LogP) is 3.69. The van der Waals surface area contributed by atoms with Crippen LogP contribution in [0, 0.1) is 6.92 Å². The zero-order valence-electron chi connectivity index (χ0n) is 12.0. The molecule has 0 bridgehead atoms. The zero-order chi connectivity index (χ0) is 13.5. The summed E-state index contributed by atoms with van der Waals surface area (Å²) in [5.74, 6) is 2.32. The van der Waals surface area contributed by atoms with Crippen LogP contribution in [0.1, 0.15) is 43.9 Å². The van der Waals surface area contributed by atoms with Gasteiger partial charge in [0.25, 0.3) is 0 Å². The first kappa shape index (κ1) is 13.3. The van der Waals surface area contributed by atoms with Crippen LogP contribution >= 0.6 is 11.8 Å². The molecule has 3 heteroatoms. The fraction of sp³-hybridized carbons (Fsp3) is 0.625. The van der Waals surface area contributed by atoms with Gasteiger partial charge >= 0.3 is 0 Å². The molecule has 0 aromatic heterocycles. The van der Waals surface area contributed by atoms with Crippen molar-refractivity contribution < 1.29 is 4.74 Å². The van der Waals surface area contributed by atoms with Crippen molar-refractivity contribution in [3.8, 4) is 5.75 Å². The molecule has 0 aliphatic carbocycles. The Morgan fingerprint density at radius 1 is 1.47 bits per heavy atom. The van der Waals surface area contributed by atoms with Crippen molar-refractivity contribution in [3.63, 3.8) is 0 Å². The first-order valence-corrected chi connectivity index (χ1v) is 8.34. The highest BCUT2D eigenvalue weighted by Crippen LogP contribution is 2.49. The van der Waals surface area contributed by atoms with Crippen LogP contribution in [0.25, 0.3) is 0 Å². The summed E-state index contributed by atoms with van der Waals surface area (Å²) in [7, 11) is 0. The van der Waals surface area contributed by atoms with Gasteiger partial charge in [0.1, 0.15) is 11.4 Å². The summed E-state index contributed by atoms with van der Waals surface area (Å²) in [5.41, 5.74) is 2.70. The third-order valence-corrected chi connectivity index (χ3v) is 5.86. The molecule has 2 heterocycles. The van der Waals surface area contributed by atoms with Gasteiger partial charge in [0.05, 0.1) is 0 Å². The highest BCUT2D eigenvalue weighted by Gasteiger charge is 2.48. The Labute approximate surface area is 120 Å². The first-order valence-electron chi connectivity index (χ1n) is 7.29. The van der Waals surface area contributed by atoms with E-state index in [1.807, 2.05) is 11.8 Å². The van der Waals surface area contributed by atoms with Crippen molar-refractivity contribution in [2.45, 2.75) is 50.5 Å². The van der Waals surface area contributed by atoms with E-state index in [0.717, 1.165) is 18.7 Å². The molecule has 1 aromatic rings. The fourth-order valence-electron chi connectivity index (χ4n) is 3.34. The van der Waals surface area contributed by atoms with Crippen molar-refractivity contribution in [1.82, 2.24) is 5.32 Å². The lowest BCUT2D eigenvalue weighted by Gasteiger charge is -2.42. The lowest BCUT2D eigenvalue weighted by atomic mass is 9.83. The summed E-state index contributed by atoms with van der Waals surface area (Å²) >= 11 is 2.05. The molecule has 19 heavy (non-hydrogen) atoms. The van der Waals surface area contributed by atoms with E-state index in [9.17, 15) is 0 Å². The van der Waals surface area contributed by atoms with E-state index in [4.69, 9.17) is 4.74 Å². The van der Waals surface area contributed by atoms with Gasteiger partial charge in [-0.3, -0.25) is 0 Å². The second kappa shape index (κ2) is 5.02. The van der Waals surface area contributed by atoms with Crippen LogP contribution in [0.4, 0.5) is 0 Å². The molecule has 2 aliphatic heterocycles. The monoisotopic (exact) mass is 277 g/mol. The summed E-state index contributed by atoms with van der Waals surface area (Å²) < 4.78 is 6.46. The molecule has 2 aliphatic rings. The van der Waals surface area contributed by atoms with E-state index in [0.29, 0.717) is 11.3 Å². The number of benzene rings is 1. The van der Waals surface area contributed by atoms with Crippen LogP contribution < -0.4 is 10.1 Å². The number of aryl methyl sites for hydroxylation is 1. The van der Waals surface area contributed by atoms with Crippen molar-refractivity contribution in [1.29, 1.82) is 0 Å². The Morgan fingerprint density at radius 3 is 3.00 bits per heavy atom. The smallest absolute Gasteiger partial charge is 0.125 e. The quantitative estimate of drug-likeness (QED) is 0.891. The van der Waals surface area contributed by atoms with Crippen LogP contribution in [0.2, 0.25) is 0 Å². The van der Waals surface area contributed by atoms with E-state index in [-0.39, 0.29) is 5.60 Å². The standard InChI is InChI=1S/C16H23NOS/c1-4-17-14-10-16(7-8-19-12(16)3)18-15-6-5-11(2)9-13(14)15/h5-6,9,12,14,17H,4,7-8,10H2,1-3H3. The minimum atomic E-state index is 0.0414. The van der Waals surface area contributed by atoms with E-state index in [2.05, 4.69) is 44.3 Å². The lowest BCUT2D eigenvalue weighted by Crippen LogP contribution is -2.48. The second-order valence-corrected chi connectivity index (χ2v) is 7.23. The molecule has 0 saturated carbocycles. The highest BCUT2D eigenvalue weighted by atomic mass is 32.2. The fourth-order valence-corrected chi connectivity index (χ4v) is 4.73. The molecular weight excluding hydrogens is 254 g/mol. The third-order valence-electron chi connectivity index (χ3n) is 4.49. The number of hydrogen-bond acceptors (Lipinski definition) is 3. The SMILES string of the molecule is CCNC1CC2(CCSC2C)Oc2ccc(C)cc21. The van der Waals surface area contributed by atoms with Crippen LogP contribution in [0.3, 0.4) is 0 Å². The number of nitrogens with one attached hydrogen (secondary N) is 1. The summed E-state index contributed by atoms with van der Waals surface area (Å²) in [6, 6.07) is 7.04. The zero-order valence-corrected chi connectivity index (χ0v) is 12.8. The highest BCUT2D eigenvalue weighted by molar-refractivity contribution is 8.00. The number of thioether (sulfide) groups is 1. The topological polar surface area (TPSA) is 21.3 Å². The van der Waals surface area contributed by atoms with Gasteiger partial charge in [0.15, 0.2) is 0 Å². The number of hydrogen-bond donors (Lipinski definition) is 1. The van der Waals surface area contributed by atoms with Crippen molar-refractivity contribution in [3.05, 3.63) is 29.3 Å². The Hall–Kier alpha value is -0.670. The minimum Gasteiger partial charge on any atom is -0.486 e. The maximum Gasteiger partial charge on any atom is 0.125 e. The molecule has 3 atom stereocenters. The van der Waals surface area contributed by atoms with Gasteiger partial charge in [0, 0.05) is 23.3 Å². The molecule has 3 unspecified atom stereocenters. The molecule has 104 valence electrons. The first-order chi connectivity index (χ1) is 9.14. The number of fused-ring (bicyclic) bond motifs is 1. The minimum absolute atomic E-state index is 0.0414. The Balaban J connectivity index is 1.99. The molecule has 1 spiro atoms. The van der Waals surface area contributed by atoms with E-state index in [1.54, 1.807) is 0 Å². The van der Waals surface area contributed by atoms with Gasteiger partial charge < -0.3 is 10.1 Å². The number of rotatable bonds is 2. The molecule has 0 radical (unpaired) electrons. The van der Waals surface area contributed by atoms with E-state index in [1.165, 1.54) is 23.3 Å². The summed E-state index contributed by atoms with van der Waals surface area (Å²) in [4.78, 5) is 0. The van der Waals surface area contributed by atoms with Crippen LogP contribution in [0.5, 0.6) is 5.75 Å². The van der Waals surface area contributed by atoms with Crippen molar-refractivity contribution >= 4 is 11.8 Å². The number of ether oxygens (including phenoxy) is 1. The summed E-state index contributed by atoms with van der Waals surface area (Å²) in [6.07, 6.45) is 2.28. The molecule has 1 N–H and O–H groups in total. The predicted molar refractivity (Wildman–Crippen MR) is 82.1 cm³/mol. The normalized spacial score (nSPS) is 33.2. The maximum absolute atomic E-state index is 6.46. The summed E-state index contributed by atoms with van der Waals surface area (Å²) in [5, 5.41) is 4.24. The second-order valence-electron chi connectivity index (χ2n) is 5.79. The average Bonchev–Trinajstić information content (AvgIpc) is 2.72. The van der Waals surface area contributed by atoms with E-state index < -0.39 is 0 Å². The van der Waals surface area contributed by atoms with Gasteiger partial charge in [-0.25, -0.2) is 0 Å². The van der Waals surface area contributed by atoms with Crippen LogP contribution in [-0.2, 0) is 0 Å². The molecule has 0 amide bonds. The molecule has 2 nitrogen and oxygen atoms in total. The maximum atomic E-state index is 6.46. The van der Waals surface area contributed by atoms with Gasteiger partial charge in [-0.1, -0.05) is 24.6 Å². The van der Waals surface area contributed by atoms with Crippen molar-refractivity contribution in [2.24, 2.45) is 0 Å². The van der Waals surface area contributed by atoms with Crippen LogP contribution in [-0.4, -0.2) is 23.1 Å². The molecule has 1 fully saturated rings. The van der Waals surface area contributed by atoms with Gasteiger partial charge in [-0.05, 0) is 38.6 Å². The van der Waals surface area contributed by atoms with Gasteiger partial charge in [-0.15, -0.1) is 0 Å².